The number of hydrogen-bond donors (Lipinski definition) is 2. The minimum absolute atomic E-state index is 0.590. The number of halogens is 2. The van der Waals surface area contributed by atoms with E-state index in [-0.39, 0.29) is 0 Å². The lowest BCUT2D eigenvalue weighted by atomic mass is 10.2. The van der Waals surface area contributed by atoms with Crippen LogP contribution < -0.4 is 11.1 Å². The number of benzene rings is 2. The molecule has 2 nitrogen and oxygen atoms in total. The molecule has 2 rings (SSSR count). The Balaban J connectivity index is 2.35. The Labute approximate surface area is 110 Å². The Hall–Kier alpha value is -1.38. The van der Waals surface area contributed by atoms with Crippen molar-refractivity contribution in [3.05, 3.63) is 52.0 Å². The molecule has 88 valence electrons. The van der Waals surface area contributed by atoms with E-state index < -0.39 is 0 Å². The minimum Gasteiger partial charge on any atom is -0.399 e. The molecule has 0 spiro atoms. The molecule has 2 aromatic carbocycles. The van der Waals surface area contributed by atoms with Crippen molar-refractivity contribution < 1.29 is 0 Å². The SMILES string of the molecule is Cc1cc(Nc2c(Cl)cccc2Cl)ccc1N. The number of rotatable bonds is 2. The second kappa shape index (κ2) is 4.86. The van der Waals surface area contributed by atoms with Crippen LogP contribution in [0.3, 0.4) is 0 Å². The second-order valence-electron chi connectivity index (χ2n) is 3.79. The fourth-order valence-electron chi connectivity index (χ4n) is 1.52. The molecule has 2 aromatic rings. The van der Waals surface area contributed by atoms with Crippen LogP contribution in [0.25, 0.3) is 0 Å². The van der Waals surface area contributed by atoms with E-state index in [0.717, 1.165) is 16.9 Å². The maximum Gasteiger partial charge on any atom is 0.0762 e. The van der Waals surface area contributed by atoms with Crippen LogP contribution in [0.15, 0.2) is 36.4 Å². The van der Waals surface area contributed by atoms with E-state index in [9.17, 15) is 0 Å². The van der Waals surface area contributed by atoms with Gasteiger partial charge in [0.2, 0.25) is 0 Å². The molecule has 0 amide bonds. The largest absolute Gasteiger partial charge is 0.399 e. The zero-order valence-electron chi connectivity index (χ0n) is 9.30. The van der Waals surface area contributed by atoms with E-state index in [2.05, 4.69) is 5.32 Å². The maximum absolute atomic E-state index is 6.08. The molecule has 3 N–H and O–H groups in total. The standard InChI is InChI=1S/C13H12Cl2N2/c1-8-7-9(5-6-12(8)16)17-13-10(14)3-2-4-11(13)15/h2-7,17H,16H2,1H3. The van der Waals surface area contributed by atoms with Gasteiger partial charge in [-0.3, -0.25) is 0 Å². The van der Waals surface area contributed by atoms with Crippen molar-refractivity contribution in [3.8, 4) is 0 Å². The first-order chi connectivity index (χ1) is 8.08. The highest BCUT2D eigenvalue weighted by Crippen LogP contribution is 2.33. The van der Waals surface area contributed by atoms with Crippen LogP contribution in [0, 0.1) is 6.92 Å². The molecule has 0 radical (unpaired) electrons. The molecule has 0 fully saturated rings. The van der Waals surface area contributed by atoms with Gasteiger partial charge in [-0.2, -0.15) is 0 Å². The predicted molar refractivity (Wildman–Crippen MR) is 75.3 cm³/mol. The summed E-state index contributed by atoms with van der Waals surface area (Å²) in [5, 5.41) is 4.37. The summed E-state index contributed by atoms with van der Waals surface area (Å²) in [6.45, 7) is 1.95. The fraction of sp³-hybridized carbons (Fsp3) is 0.0769. The van der Waals surface area contributed by atoms with Gasteiger partial charge in [0.1, 0.15) is 0 Å². The lowest BCUT2D eigenvalue weighted by molar-refractivity contribution is 1.45. The van der Waals surface area contributed by atoms with E-state index in [4.69, 9.17) is 28.9 Å². The van der Waals surface area contributed by atoms with Crippen molar-refractivity contribution in [1.82, 2.24) is 0 Å². The Morgan fingerprint density at radius 3 is 2.29 bits per heavy atom. The van der Waals surface area contributed by atoms with Crippen molar-refractivity contribution >= 4 is 40.3 Å². The summed E-state index contributed by atoms with van der Waals surface area (Å²) < 4.78 is 0. The molecule has 0 aliphatic carbocycles. The Bertz CT molecular complexity index is 533. The van der Waals surface area contributed by atoms with Crippen LogP contribution in [-0.2, 0) is 0 Å². The molecule has 0 unspecified atom stereocenters. The zero-order chi connectivity index (χ0) is 12.4. The number of nitrogen functional groups attached to an aromatic ring is 1. The van der Waals surface area contributed by atoms with Crippen molar-refractivity contribution in [2.75, 3.05) is 11.1 Å². The average Bonchev–Trinajstić information content (AvgIpc) is 2.28. The molecule has 17 heavy (non-hydrogen) atoms. The topological polar surface area (TPSA) is 38.0 Å². The third kappa shape index (κ3) is 2.65. The molecule has 0 aliphatic heterocycles. The molecule has 0 heterocycles. The zero-order valence-corrected chi connectivity index (χ0v) is 10.8. The molecule has 4 heteroatoms. The van der Waals surface area contributed by atoms with Gasteiger partial charge in [-0.25, -0.2) is 0 Å². The first kappa shape index (κ1) is 12.1. The van der Waals surface area contributed by atoms with Crippen LogP contribution in [0.2, 0.25) is 10.0 Å². The average molecular weight is 267 g/mol. The monoisotopic (exact) mass is 266 g/mol. The molecule has 0 saturated carbocycles. The first-order valence-corrected chi connectivity index (χ1v) is 5.90. The van der Waals surface area contributed by atoms with Gasteiger partial charge in [0, 0.05) is 11.4 Å². The van der Waals surface area contributed by atoms with Crippen molar-refractivity contribution in [1.29, 1.82) is 0 Å². The summed E-state index contributed by atoms with van der Waals surface area (Å²) in [5.41, 5.74) is 9.16. The van der Waals surface area contributed by atoms with Crippen LogP contribution in [0.1, 0.15) is 5.56 Å². The molecule has 0 saturated heterocycles. The molecular formula is C13H12Cl2N2. The van der Waals surface area contributed by atoms with E-state index >= 15 is 0 Å². The summed E-state index contributed by atoms with van der Waals surface area (Å²) in [5.74, 6) is 0. The summed E-state index contributed by atoms with van der Waals surface area (Å²) >= 11 is 12.2. The van der Waals surface area contributed by atoms with Gasteiger partial charge in [-0.1, -0.05) is 29.3 Å². The van der Waals surface area contributed by atoms with Crippen LogP contribution in [-0.4, -0.2) is 0 Å². The second-order valence-corrected chi connectivity index (χ2v) is 4.61. The van der Waals surface area contributed by atoms with Crippen molar-refractivity contribution in [2.45, 2.75) is 6.92 Å². The fourth-order valence-corrected chi connectivity index (χ4v) is 2.01. The van der Waals surface area contributed by atoms with Gasteiger partial charge >= 0.3 is 0 Å². The number of nitrogens with one attached hydrogen (secondary N) is 1. The summed E-state index contributed by atoms with van der Waals surface area (Å²) in [4.78, 5) is 0. The van der Waals surface area contributed by atoms with E-state index in [0.29, 0.717) is 15.7 Å². The van der Waals surface area contributed by atoms with E-state index in [1.165, 1.54) is 0 Å². The smallest absolute Gasteiger partial charge is 0.0762 e. The maximum atomic E-state index is 6.08. The van der Waals surface area contributed by atoms with Gasteiger partial charge in [0.05, 0.1) is 15.7 Å². The number of para-hydroxylation sites is 1. The predicted octanol–water partition coefficient (Wildman–Crippen LogP) is 4.63. The molecule has 0 aliphatic rings. The lowest BCUT2D eigenvalue weighted by Crippen LogP contribution is -1.95. The van der Waals surface area contributed by atoms with Crippen LogP contribution in [0.5, 0.6) is 0 Å². The Morgan fingerprint density at radius 1 is 1.06 bits per heavy atom. The minimum atomic E-state index is 0.590. The Morgan fingerprint density at radius 2 is 1.71 bits per heavy atom. The number of hydrogen-bond acceptors (Lipinski definition) is 2. The van der Waals surface area contributed by atoms with Crippen LogP contribution >= 0.6 is 23.2 Å². The number of anilines is 3. The number of nitrogens with two attached hydrogens (primary N) is 1. The quantitative estimate of drug-likeness (QED) is 0.778. The Kier molecular flexibility index (Phi) is 3.46. The summed E-state index contributed by atoms with van der Waals surface area (Å²) in [7, 11) is 0. The van der Waals surface area contributed by atoms with Gasteiger partial charge in [0.25, 0.3) is 0 Å². The van der Waals surface area contributed by atoms with Crippen molar-refractivity contribution in [2.24, 2.45) is 0 Å². The van der Waals surface area contributed by atoms with E-state index in [1.807, 2.05) is 31.2 Å². The summed E-state index contributed by atoms with van der Waals surface area (Å²) in [6.07, 6.45) is 0. The normalized spacial score (nSPS) is 10.3. The van der Waals surface area contributed by atoms with Gasteiger partial charge in [-0.05, 0) is 42.8 Å². The van der Waals surface area contributed by atoms with Gasteiger partial charge in [-0.15, -0.1) is 0 Å². The lowest BCUT2D eigenvalue weighted by Gasteiger charge is -2.11. The molecule has 0 atom stereocenters. The molecular weight excluding hydrogens is 255 g/mol. The summed E-state index contributed by atoms with van der Waals surface area (Å²) in [6, 6.07) is 11.1. The highest BCUT2D eigenvalue weighted by Gasteiger charge is 2.05. The third-order valence-electron chi connectivity index (χ3n) is 2.50. The van der Waals surface area contributed by atoms with E-state index in [1.54, 1.807) is 12.1 Å². The van der Waals surface area contributed by atoms with Gasteiger partial charge in [0.15, 0.2) is 0 Å². The van der Waals surface area contributed by atoms with Gasteiger partial charge < -0.3 is 11.1 Å². The highest BCUT2D eigenvalue weighted by molar-refractivity contribution is 6.39. The number of aryl methyl sites for hydroxylation is 1. The molecule has 0 aromatic heterocycles. The highest BCUT2D eigenvalue weighted by atomic mass is 35.5. The van der Waals surface area contributed by atoms with Crippen LogP contribution in [0.4, 0.5) is 17.1 Å². The third-order valence-corrected chi connectivity index (χ3v) is 3.13. The van der Waals surface area contributed by atoms with Crippen molar-refractivity contribution in [3.63, 3.8) is 0 Å². The molecule has 0 bridgehead atoms. The first-order valence-electron chi connectivity index (χ1n) is 5.15.